The van der Waals surface area contributed by atoms with E-state index >= 15 is 0 Å². The van der Waals surface area contributed by atoms with Crippen molar-refractivity contribution >= 4 is 23.4 Å². The van der Waals surface area contributed by atoms with Gasteiger partial charge in [-0.25, -0.2) is 4.39 Å². The Morgan fingerprint density at radius 1 is 1.30 bits per heavy atom. The molecular formula is C15H21FN2OS. The Balaban J connectivity index is 2.01. The van der Waals surface area contributed by atoms with Crippen molar-refractivity contribution in [2.75, 3.05) is 18.8 Å². The van der Waals surface area contributed by atoms with Crippen molar-refractivity contribution in [3.05, 3.63) is 24.0 Å². The molecule has 0 aromatic heterocycles. The minimum atomic E-state index is -0.323. The lowest BCUT2D eigenvalue weighted by molar-refractivity contribution is -0.130. The lowest BCUT2D eigenvalue weighted by atomic mass is 10.2. The zero-order valence-corrected chi connectivity index (χ0v) is 12.6. The second-order valence-electron chi connectivity index (χ2n) is 5.18. The number of nitrogen functional groups attached to an aromatic ring is 1. The van der Waals surface area contributed by atoms with E-state index in [4.69, 9.17) is 5.73 Å². The van der Waals surface area contributed by atoms with Crippen LogP contribution in [-0.4, -0.2) is 29.1 Å². The maximum atomic E-state index is 13.2. The third-order valence-corrected chi connectivity index (χ3v) is 4.71. The van der Waals surface area contributed by atoms with E-state index in [1.807, 2.05) is 11.8 Å². The van der Waals surface area contributed by atoms with Crippen molar-refractivity contribution in [1.29, 1.82) is 0 Å². The summed E-state index contributed by atoms with van der Waals surface area (Å²) in [6, 6.07) is 4.27. The summed E-state index contributed by atoms with van der Waals surface area (Å²) in [5.41, 5.74) is 6.35. The Morgan fingerprint density at radius 2 is 1.95 bits per heavy atom. The molecule has 0 saturated carbocycles. The number of amides is 1. The molecule has 1 amide bonds. The van der Waals surface area contributed by atoms with Gasteiger partial charge < -0.3 is 10.6 Å². The highest BCUT2D eigenvalue weighted by Gasteiger charge is 2.22. The summed E-state index contributed by atoms with van der Waals surface area (Å²) in [5, 5.41) is -0.239. The Hall–Kier alpha value is -1.23. The number of carbonyl (C=O) groups excluding carboxylic acids is 1. The summed E-state index contributed by atoms with van der Waals surface area (Å²) in [7, 11) is 0. The quantitative estimate of drug-likeness (QED) is 0.687. The van der Waals surface area contributed by atoms with Crippen LogP contribution < -0.4 is 5.73 Å². The number of thioether (sulfide) groups is 1. The average molecular weight is 296 g/mol. The van der Waals surface area contributed by atoms with Gasteiger partial charge in [-0.2, -0.15) is 0 Å². The first-order valence-corrected chi connectivity index (χ1v) is 7.96. The summed E-state index contributed by atoms with van der Waals surface area (Å²) in [6.07, 6.45) is 4.54. The van der Waals surface area contributed by atoms with Gasteiger partial charge in [-0.15, -0.1) is 11.8 Å². The van der Waals surface area contributed by atoms with Gasteiger partial charge in [0.2, 0.25) is 5.91 Å². The molecule has 1 heterocycles. The maximum absolute atomic E-state index is 13.2. The van der Waals surface area contributed by atoms with Gasteiger partial charge in [-0.1, -0.05) is 12.8 Å². The highest BCUT2D eigenvalue weighted by Crippen LogP contribution is 2.30. The first-order chi connectivity index (χ1) is 9.58. The van der Waals surface area contributed by atoms with Crippen LogP contribution in [0.1, 0.15) is 32.6 Å². The molecule has 0 aliphatic carbocycles. The molecular weight excluding hydrogens is 275 g/mol. The van der Waals surface area contributed by atoms with Crippen molar-refractivity contribution in [2.24, 2.45) is 0 Å². The smallest absolute Gasteiger partial charge is 0.235 e. The van der Waals surface area contributed by atoms with Crippen LogP contribution in [0.2, 0.25) is 0 Å². The van der Waals surface area contributed by atoms with Crippen LogP contribution in [0.15, 0.2) is 23.1 Å². The minimum absolute atomic E-state index is 0.126. The standard InChI is InChI=1S/C15H21FN2OS/c1-11(15(19)18-8-4-2-3-5-9-18)20-14-10-12(16)6-7-13(14)17/h6-7,10-11H,2-5,8-9,17H2,1H3. The number of nitrogens with zero attached hydrogens (tertiary/aromatic N) is 1. The van der Waals surface area contributed by atoms with Crippen LogP contribution in [0.4, 0.5) is 10.1 Å². The van der Waals surface area contributed by atoms with Crippen molar-refractivity contribution < 1.29 is 9.18 Å². The molecule has 1 aliphatic rings. The fourth-order valence-corrected chi connectivity index (χ4v) is 3.41. The van der Waals surface area contributed by atoms with Gasteiger partial charge in [0.15, 0.2) is 0 Å². The van der Waals surface area contributed by atoms with E-state index in [1.54, 1.807) is 6.07 Å². The van der Waals surface area contributed by atoms with Crippen molar-refractivity contribution in [1.82, 2.24) is 4.90 Å². The highest BCUT2D eigenvalue weighted by molar-refractivity contribution is 8.00. The Morgan fingerprint density at radius 3 is 2.60 bits per heavy atom. The largest absolute Gasteiger partial charge is 0.398 e. The second-order valence-corrected chi connectivity index (χ2v) is 6.56. The number of halogens is 1. The zero-order chi connectivity index (χ0) is 14.5. The molecule has 0 bridgehead atoms. The number of benzene rings is 1. The van der Waals surface area contributed by atoms with Gasteiger partial charge in [0, 0.05) is 23.7 Å². The second kappa shape index (κ2) is 6.97. The highest BCUT2D eigenvalue weighted by atomic mass is 32.2. The van der Waals surface area contributed by atoms with E-state index in [0.717, 1.165) is 25.9 Å². The molecule has 2 rings (SSSR count). The predicted molar refractivity (Wildman–Crippen MR) is 81.2 cm³/mol. The summed E-state index contributed by atoms with van der Waals surface area (Å²) < 4.78 is 13.2. The number of nitrogens with two attached hydrogens (primary N) is 1. The summed E-state index contributed by atoms with van der Waals surface area (Å²) in [6.45, 7) is 3.53. The Labute approximate surface area is 123 Å². The number of rotatable bonds is 3. The lowest BCUT2D eigenvalue weighted by Crippen LogP contribution is -2.37. The predicted octanol–water partition coefficient (Wildman–Crippen LogP) is 3.29. The molecule has 1 unspecified atom stereocenters. The maximum Gasteiger partial charge on any atom is 0.235 e. The normalized spacial score (nSPS) is 17.6. The van der Waals surface area contributed by atoms with Crippen LogP contribution in [0.25, 0.3) is 0 Å². The molecule has 110 valence electrons. The van der Waals surface area contributed by atoms with Crippen LogP contribution >= 0.6 is 11.8 Å². The first-order valence-electron chi connectivity index (χ1n) is 7.08. The van der Waals surface area contributed by atoms with Crippen molar-refractivity contribution in [3.63, 3.8) is 0 Å². The molecule has 2 N–H and O–H groups in total. The topological polar surface area (TPSA) is 46.3 Å². The molecule has 1 saturated heterocycles. The van der Waals surface area contributed by atoms with E-state index in [9.17, 15) is 9.18 Å². The van der Waals surface area contributed by atoms with Gasteiger partial charge in [0.25, 0.3) is 0 Å². The number of hydrogen-bond donors (Lipinski definition) is 1. The Bertz CT molecular complexity index is 473. The Kier molecular flexibility index (Phi) is 5.29. The third kappa shape index (κ3) is 3.88. The number of anilines is 1. The van der Waals surface area contributed by atoms with Crippen LogP contribution in [0, 0.1) is 5.82 Å². The van der Waals surface area contributed by atoms with E-state index < -0.39 is 0 Å². The van der Waals surface area contributed by atoms with Crippen molar-refractivity contribution in [3.8, 4) is 0 Å². The van der Waals surface area contributed by atoms with Crippen LogP contribution in [0.3, 0.4) is 0 Å². The molecule has 1 aromatic rings. The van der Waals surface area contributed by atoms with Gasteiger partial charge in [0.1, 0.15) is 5.82 Å². The van der Waals surface area contributed by atoms with E-state index in [0.29, 0.717) is 10.6 Å². The lowest BCUT2D eigenvalue weighted by Gasteiger charge is -2.24. The monoisotopic (exact) mass is 296 g/mol. The van der Waals surface area contributed by atoms with Crippen LogP contribution in [0.5, 0.6) is 0 Å². The molecule has 0 spiro atoms. The average Bonchev–Trinajstić information content (AvgIpc) is 2.71. The molecule has 1 aliphatic heterocycles. The van der Waals surface area contributed by atoms with Gasteiger partial charge in [0.05, 0.1) is 5.25 Å². The number of likely N-dealkylation sites (tertiary alicyclic amines) is 1. The van der Waals surface area contributed by atoms with Crippen LogP contribution in [-0.2, 0) is 4.79 Å². The molecule has 1 atom stereocenters. The molecule has 1 aromatic carbocycles. The summed E-state index contributed by atoms with van der Waals surface area (Å²) in [5.74, 6) is -0.198. The fourth-order valence-electron chi connectivity index (χ4n) is 2.40. The van der Waals surface area contributed by atoms with E-state index in [2.05, 4.69) is 0 Å². The molecule has 0 radical (unpaired) electrons. The summed E-state index contributed by atoms with van der Waals surface area (Å²) >= 11 is 1.34. The minimum Gasteiger partial charge on any atom is -0.398 e. The molecule has 1 fully saturated rings. The van der Waals surface area contributed by atoms with E-state index in [1.165, 1.54) is 36.7 Å². The molecule has 3 nitrogen and oxygen atoms in total. The molecule has 5 heteroatoms. The third-order valence-electron chi connectivity index (χ3n) is 3.54. The SMILES string of the molecule is CC(Sc1cc(F)ccc1N)C(=O)N1CCCCCC1. The number of hydrogen-bond acceptors (Lipinski definition) is 3. The summed E-state index contributed by atoms with van der Waals surface area (Å²) in [4.78, 5) is 15.0. The molecule has 20 heavy (non-hydrogen) atoms. The van der Waals surface area contributed by atoms with E-state index in [-0.39, 0.29) is 17.0 Å². The van der Waals surface area contributed by atoms with Gasteiger partial charge in [-0.3, -0.25) is 4.79 Å². The zero-order valence-electron chi connectivity index (χ0n) is 11.8. The van der Waals surface area contributed by atoms with Gasteiger partial charge in [-0.05, 0) is 38.0 Å². The van der Waals surface area contributed by atoms with Gasteiger partial charge >= 0.3 is 0 Å². The number of carbonyl (C=O) groups is 1. The first kappa shape index (κ1) is 15.2. The fraction of sp³-hybridized carbons (Fsp3) is 0.533. The van der Waals surface area contributed by atoms with Crippen molar-refractivity contribution in [2.45, 2.75) is 42.8 Å².